The van der Waals surface area contributed by atoms with E-state index >= 15 is 0 Å². The topological polar surface area (TPSA) is 77.3 Å². The maximum atomic E-state index is 12.5. The van der Waals surface area contributed by atoms with Gasteiger partial charge in [-0.1, -0.05) is 11.6 Å². The average molecular weight is 240 g/mol. The second-order valence-corrected chi connectivity index (χ2v) is 4.06. The van der Waals surface area contributed by atoms with E-state index in [-0.39, 0.29) is 5.02 Å². The zero-order valence-electron chi connectivity index (χ0n) is 6.48. The molecule has 0 spiro atoms. The van der Waals surface area contributed by atoms with Gasteiger partial charge in [-0.3, -0.25) is 10.1 Å². The van der Waals surface area contributed by atoms with Crippen molar-refractivity contribution in [3.8, 4) is 0 Å². The minimum absolute atomic E-state index is 0.0909. The lowest BCUT2D eigenvalue weighted by molar-refractivity contribution is -0.387. The Balaban J connectivity index is 3.54. The SMILES string of the molecule is O=[N+]([O-])c1ccc(Cl)cc1S(=O)(=O)F. The van der Waals surface area contributed by atoms with E-state index in [0.717, 1.165) is 12.1 Å². The monoisotopic (exact) mass is 239 g/mol. The quantitative estimate of drug-likeness (QED) is 0.449. The van der Waals surface area contributed by atoms with Crippen LogP contribution in [0.2, 0.25) is 5.02 Å². The van der Waals surface area contributed by atoms with E-state index in [0.29, 0.717) is 6.07 Å². The number of benzene rings is 1. The van der Waals surface area contributed by atoms with Gasteiger partial charge in [-0.15, -0.1) is 3.89 Å². The Morgan fingerprint density at radius 3 is 2.43 bits per heavy atom. The smallest absolute Gasteiger partial charge is 0.258 e. The molecule has 14 heavy (non-hydrogen) atoms. The van der Waals surface area contributed by atoms with Gasteiger partial charge in [0.25, 0.3) is 5.69 Å². The van der Waals surface area contributed by atoms with Gasteiger partial charge in [0.15, 0.2) is 4.90 Å². The summed E-state index contributed by atoms with van der Waals surface area (Å²) >= 11 is 5.37. The van der Waals surface area contributed by atoms with Gasteiger partial charge in [-0.05, 0) is 12.1 Å². The molecule has 1 aromatic carbocycles. The maximum absolute atomic E-state index is 12.5. The first-order valence-electron chi connectivity index (χ1n) is 3.21. The Bertz CT molecular complexity index is 487. The second-order valence-electron chi connectivity index (χ2n) is 2.31. The molecule has 0 fully saturated rings. The standard InChI is InChI=1S/C6H3ClFNO4S/c7-4-1-2-5(9(10)11)6(3-4)14(8,12)13/h1-3H. The number of nitro groups is 1. The van der Waals surface area contributed by atoms with Crippen LogP contribution >= 0.6 is 11.6 Å². The minimum atomic E-state index is -5.13. The largest absolute Gasteiger partial charge is 0.339 e. The Morgan fingerprint density at radius 1 is 1.43 bits per heavy atom. The molecule has 0 aromatic heterocycles. The summed E-state index contributed by atoms with van der Waals surface area (Å²) in [5, 5.41) is 10.2. The van der Waals surface area contributed by atoms with Gasteiger partial charge in [0.1, 0.15) is 0 Å². The number of hydrogen-bond donors (Lipinski definition) is 0. The molecule has 1 aromatic rings. The molecule has 0 amide bonds. The van der Waals surface area contributed by atoms with E-state index in [2.05, 4.69) is 0 Å². The Kier molecular flexibility index (Phi) is 2.72. The third kappa shape index (κ3) is 2.18. The molecule has 0 saturated heterocycles. The highest BCUT2D eigenvalue weighted by molar-refractivity contribution is 7.86. The summed E-state index contributed by atoms with van der Waals surface area (Å²) in [6.07, 6.45) is 0. The molecule has 1 rings (SSSR count). The summed E-state index contributed by atoms with van der Waals surface area (Å²) in [7, 11) is -5.13. The van der Waals surface area contributed by atoms with Gasteiger partial charge in [0, 0.05) is 11.1 Å². The van der Waals surface area contributed by atoms with Crippen molar-refractivity contribution in [2.24, 2.45) is 0 Å². The number of halogens is 2. The predicted octanol–water partition coefficient (Wildman–Crippen LogP) is 1.91. The predicted molar refractivity (Wildman–Crippen MR) is 46.4 cm³/mol. The maximum Gasteiger partial charge on any atom is 0.339 e. The van der Waals surface area contributed by atoms with E-state index in [4.69, 9.17) is 11.6 Å². The Hall–Kier alpha value is -1.21. The highest BCUT2D eigenvalue weighted by Gasteiger charge is 2.25. The first kappa shape index (κ1) is 10.9. The van der Waals surface area contributed by atoms with Crippen LogP contribution in [0.5, 0.6) is 0 Å². The Labute approximate surface area is 83.5 Å². The van der Waals surface area contributed by atoms with Gasteiger partial charge >= 0.3 is 10.2 Å². The molecule has 0 saturated carbocycles. The van der Waals surface area contributed by atoms with Crippen LogP contribution in [0.1, 0.15) is 0 Å². The summed E-state index contributed by atoms with van der Waals surface area (Å²) in [6, 6.07) is 2.62. The Morgan fingerprint density at radius 2 is 2.00 bits per heavy atom. The van der Waals surface area contributed by atoms with Gasteiger partial charge < -0.3 is 0 Å². The normalized spacial score (nSPS) is 11.3. The van der Waals surface area contributed by atoms with Crippen molar-refractivity contribution in [3.63, 3.8) is 0 Å². The van der Waals surface area contributed by atoms with Gasteiger partial charge in [0.2, 0.25) is 0 Å². The van der Waals surface area contributed by atoms with E-state index < -0.39 is 25.7 Å². The minimum Gasteiger partial charge on any atom is -0.258 e. The zero-order chi connectivity index (χ0) is 10.9. The van der Waals surface area contributed by atoms with E-state index in [1.807, 2.05) is 0 Å². The zero-order valence-corrected chi connectivity index (χ0v) is 8.05. The molecule has 0 heterocycles. The highest BCUT2D eigenvalue weighted by atomic mass is 35.5. The summed E-state index contributed by atoms with van der Waals surface area (Å²) < 4.78 is 33.5. The molecule has 0 bridgehead atoms. The lowest BCUT2D eigenvalue weighted by atomic mass is 10.3. The number of nitro benzene ring substituents is 1. The van der Waals surface area contributed by atoms with E-state index in [1.165, 1.54) is 0 Å². The van der Waals surface area contributed by atoms with Crippen LogP contribution in [0.3, 0.4) is 0 Å². The molecule has 8 heteroatoms. The molecule has 0 aliphatic heterocycles. The molecule has 0 radical (unpaired) electrons. The molecular formula is C6H3ClFNO4S. The summed E-state index contributed by atoms with van der Waals surface area (Å²) in [5.74, 6) is 0. The van der Waals surface area contributed by atoms with Crippen LogP contribution in [-0.4, -0.2) is 13.3 Å². The molecule has 0 unspecified atom stereocenters. The molecule has 0 atom stereocenters. The number of hydrogen-bond acceptors (Lipinski definition) is 4. The van der Waals surface area contributed by atoms with Crippen molar-refractivity contribution in [1.29, 1.82) is 0 Å². The molecule has 76 valence electrons. The fraction of sp³-hybridized carbons (Fsp3) is 0. The van der Waals surface area contributed by atoms with Crippen molar-refractivity contribution in [2.45, 2.75) is 4.90 Å². The summed E-state index contributed by atoms with van der Waals surface area (Å²) in [6.45, 7) is 0. The van der Waals surface area contributed by atoms with Crippen molar-refractivity contribution in [3.05, 3.63) is 33.3 Å². The fourth-order valence-electron chi connectivity index (χ4n) is 0.834. The fourth-order valence-corrected chi connectivity index (χ4v) is 1.73. The average Bonchev–Trinajstić information content (AvgIpc) is 2.01. The van der Waals surface area contributed by atoms with Crippen LogP contribution < -0.4 is 0 Å². The van der Waals surface area contributed by atoms with E-state index in [1.54, 1.807) is 0 Å². The van der Waals surface area contributed by atoms with Crippen LogP contribution in [0, 0.1) is 10.1 Å². The molecule has 0 aliphatic carbocycles. The summed E-state index contributed by atoms with van der Waals surface area (Å²) in [5.41, 5.74) is -0.836. The molecule has 0 N–H and O–H groups in total. The molecule has 0 aliphatic rings. The number of rotatable bonds is 2. The van der Waals surface area contributed by atoms with Crippen LogP contribution in [0.25, 0.3) is 0 Å². The third-order valence-electron chi connectivity index (χ3n) is 1.38. The second kappa shape index (κ2) is 3.50. The lowest BCUT2D eigenvalue weighted by Crippen LogP contribution is -1.99. The van der Waals surface area contributed by atoms with Crippen LogP contribution in [0.15, 0.2) is 23.1 Å². The van der Waals surface area contributed by atoms with Gasteiger partial charge in [-0.2, -0.15) is 8.42 Å². The first-order chi connectivity index (χ1) is 6.32. The molecular weight excluding hydrogens is 237 g/mol. The third-order valence-corrected chi connectivity index (χ3v) is 2.47. The number of nitrogens with zero attached hydrogens (tertiary/aromatic N) is 1. The molecule has 5 nitrogen and oxygen atoms in total. The van der Waals surface area contributed by atoms with E-state index in [9.17, 15) is 22.4 Å². The summed E-state index contributed by atoms with van der Waals surface area (Å²) in [4.78, 5) is 8.28. The first-order valence-corrected chi connectivity index (χ1v) is 4.97. The van der Waals surface area contributed by atoms with Crippen molar-refractivity contribution >= 4 is 27.5 Å². The van der Waals surface area contributed by atoms with Crippen LogP contribution in [0.4, 0.5) is 9.57 Å². The van der Waals surface area contributed by atoms with Crippen molar-refractivity contribution in [2.75, 3.05) is 0 Å². The van der Waals surface area contributed by atoms with Gasteiger partial charge in [0.05, 0.1) is 4.92 Å². The van der Waals surface area contributed by atoms with Crippen molar-refractivity contribution < 1.29 is 17.2 Å². The van der Waals surface area contributed by atoms with Crippen molar-refractivity contribution in [1.82, 2.24) is 0 Å². The van der Waals surface area contributed by atoms with Gasteiger partial charge in [-0.25, -0.2) is 0 Å². The highest BCUT2D eigenvalue weighted by Crippen LogP contribution is 2.28. The van der Waals surface area contributed by atoms with Crippen LogP contribution in [-0.2, 0) is 10.2 Å². The lowest BCUT2D eigenvalue weighted by Gasteiger charge is -1.97.